The minimum absolute atomic E-state index is 0.224. The van der Waals surface area contributed by atoms with Crippen molar-refractivity contribution in [2.75, 3.05) is 0 Å². The molecule has 0 spiro atoms. The molecule has 14 heavy (non-hydrogen) atoms. The minimum atomic E-state index is -1.15. The van der Waals surface area contributed by atoms with Crippen LogP contribution in [0.25, 0.3) is 10.9 Å². The molecule has 0 amide bonds. The first-order chi connectivity index (χ1) is 6.61. The second-order valence-corrected chi connectivity index (χ2v) is 3.20. The molecule has 0 aliphatic rings. The van der Waals surface area contributed by atoms with E-state index < -0.39 is 17.7 Å². The van der Waals surface area contributed by atoms with Crippen molar-refractivity contribution >= 4 is 10.9 Å². The van der Waals surface area contributed by atoms with Gasteiger partial charge in [-0.15, -0.1) is 0 Å². The summed E-state index contributed by atoms with van der Waals surface area (Å²) in [4.78, 5) is 2.66. The van der Waals surface area contributed by atoms with Crippen molar-refractivity contribution in [3.05, 3.63) is 35.5 Å². The molecule has 1 heterocycles. The highest BCUT2D eigenvalue weighted by atomic mass is 19.1. The quantitative estimate of drug-likeness (QED) is 0.723. The maximum atomic E-state index is 13.6. The van der Waals surface area contributed by atoms with Crippen LogP contribution in [0.1, 0.15) is 18.6 Å². The number of nitrogens with one attached hydrogen (secondary N) is 1. The molecular formula is C10H9F2NO. The molecule has 1 atom stereocenters. The molecule has 0 aliphatic carbocycles. The number of fused-ring (bicyclic) bond motifs is 1. The topological polar surface area (TPSA) is 36.0 Å². The molecule has 1 unspecified atom stereocenters. The van der Waals surface area contributed by atoms with E-state index in [1.54, 1.807) is 6.07 Å². The average Bonchev–Trinajstić information content (AvgIpc) is 2.50. The van der Waals surface area contributed by atoms with Crippen LogP contribution >= 0.6 is 0 Å². The smallest absolute Gasteiger partial charge is 0.155 e. The fourth-order valence-electron chi connectivity index (χ4n) is 1.53. The van der Waals surface area contributed by atoms with Gasteiger partial charge >= 0.3 is 0 Å². The van der Waals surface area contributed by atoms with Crippen LogP contribution in [0.15, 0.2) is 18.3 Å². The number of rotatable bonds is 1. The predicted molar refractivity (Wildman–Crippen MR) is 48.8 cm³/mol. The van der Waals surface area contributed by atoms with Gasteiger partial charge in [0.1, 0.15) is 5.82 Å². The highest BCUT2D eigenvalue weighted by Gasteiger charge is 2.17. The molecule has 2 aromatic rings. The van der Waals surface area contributed by atoms with E-state index >= 15 is 0 Å². The zero-order valence-corrected chi connectivity index (χ0v) is 7.51. The lowest BCUT2D eigenvalue weighted by Crippen LogP contribution is -2.00. The first kappa shape index (κ1) is 9.15. The van der Waals surface area contributed by atoms with Gasteiger partial charge in [-0.3, -0.25) is 0 Å². The van der Waals surface area contributed by atoms with Crippen molar-refractivity contribution in [2.45, 2.75) is 13.0 Å². The maximum Gasteiger partial charge on any atom is 0.155 e. The van der Waals surface area contributed by atoms with Crippen LogP contribution in [-0.4, -0.2) is 10.1 Å². The number of hydrogen-bond donors (Lipinski definition) is 2. The van der Waals surface area contributed by atoms with Crippen LogP contribution in [0, 0.1) is 11.6 Å². The summed E-state index contributed by atoms with van der Waals surface area (Å²) in [7, 11) is 0. The molecule has 1 aromatic carbocycles. The Bertz CT molecular complexity index is 476. The fraction of sp³-hybridized carbons (Fsp3) is 0.200. The SMILES string of the molecule is CC(O)c1c(F)cc2cc[nH]c2c1F. The van der Waals surface area contributed by atoms with Crippen LogP contribution in [0.2, 0.25) is 0 Å². The summed E-state index contributed by atoms with van der Waals surface area (Å²) in [6.45, 7) is 1.33. The number of halogens is 2. The van der Waals surface area contributed by atoms with Crippen LogP contribution in [0.4, 0.5) is 8.78 Å². The van der Waals surface area contributed by atoms with Crippen molar-refractivity contribution in [1.29, 1.82) is 0 Å². The Morgan fingerprint density at radius 3 is 2.79 bits per heavy atom. The molecule has 0 radical (unpaired) electrons. The second-order valence-electron chi connectivity index (χ2n) is 3.20. The lowest BCUT2D eigenvalue weighted by Gasteiger charge is -2.08. The zero-order valence-electron chi connectivity index (χ0n) is 7.51. The fourth-order valence-corrected chi connectivity index (χ4v) is 1.53. The van der Waals surface area contributed by atoms with Gasteiger partial charge in [-0.1, -0.05) is 0 Å². The van der Waals surface area contributed by atoms with Crippen molar-refractivity contribution in [3.63, 3.8) is 0 Å². The van der Waals surface area contributed by atoms with E-state index in [4.69, 9.17) is 0 Å². The van der Waals surface area contributed by atoms with Crippen molar-refractivity contribution < 1.29 is 13.9 Å². The van der Waals surface area contributed by atoms with Gasteiger partial charge in [0.2, 0.25) is 0 Å². The van der Waals surface area contributed by atoms with E-state index in [2.05, 4.69) is 4.98 Å². The van der Waals surface area contributed by atoms with E-state index in [1.807, 2.05) is 0 Å². The van der Waals surface area contributed by atoms with E-state index in [-0.39, 0.29) is 11.1 Å². The number of aromatic amines is 1. The molecule has 0 fully saturated rings. The minimum Gasteiger partial charge on any atom is -0.388 e. The van der Waals surface area contributed by atoms with Gasteiger partial charge in [0.05, 0.1) is 17.2 Å². The van der Waals surface area contributed by atoms with E-state index in [0.29, 0.717) is 5.39 Å². The third-order valence-corrected chi connectivity index (χ3v) is 2.19. The summed E-state index contributed by atoms with van der Waals surface area (Å²) >= 11 is 0. The van der Waals surface area contributed by atoms with Gasteiger partial charge in [0, 0.05) is 11.6 Å². The van der Waals surface area contributed by atoms with Gasteiger partial charge in [-0.25, -0.2) is 8.78 Å². The average molecular weight is 197 g/mol. The molecule has 0 aliphatic heterocycles. The molecule has 2 rings (SSSR count). The molecule has 0 saturated heterocycles. The van der Waals surface area contributed by atoms with Gasteiger partial charge in [0.15, 0.2) is 5.82 Å². The Morgan fingerprint density at radius 2 is 2.14 bits per heavy atom. The molecule has 2 N–H and O–H groups in total. The largest absolute Gasteiger partial charge is 0.388 e. The van der Waals surface area contributed by atoms with E-state index in [1.165, 1.54) is 19.2 Å². The Kier molecular flexibility index (Phi) is 2.00. The second kappa shape index (κ2) is 3.06. The van der Waals surface area contributed by atoms with Crippen LogP contribution in [0.5, 0.6) is 0 Å². The number of aromatic nitrogens is 1. The standard InChI is InChI=1S/C10H9F2NO/c1-5(14)8-7(11)4-6-2-3-13-10(6)9(8)12/h2-5,13-14H,1H3. The Hall–Kier alpha value is -1.42. The number of benzene rings is 1. The summed E-state index contributed by atoms with van der Waals surface area (Å²) in [5, 5.41) is 9.65. The zero-order chi connectivity index (χ0) is 10.3. The lowest BCUT2D eigenvalue weighted by atomic mass is 10.1. The van der Waals surface area contributed by atoms with Crippen LogP contribution in [-0.2, 0) is 0 Å². The lowest BCUT2D eigenvalue weighted by molar-refractivity contribution is 0.189. The number of H-pyrrole nitrogens is 1. The monoisotopic (exact) mass is 197 g/mol. The third kappa shape index (κ3) is 1.19. The summed E-state index contributed by atoms with van der Waals surface area (Å²) in [5.41, 5.74) is -0.0674. The molecule has 74 valence electrons. The predicted octanol–water partition coefficient (Wildman–Crippen LogP) is 2.50. The first-order valence-corrected chi connectivity index (χ1v) is 4.24. The molecule has 4 heteroatoms. The summed E-state index contributed by atoms with van der Waals surface area (Å²) < 4.78 is 26.9. The number of aliphatic hydroxyl groups is 1. The Balaban J connectivity index is 2.82. The molecule has 0 bridgehead atoms. The van der Waals surface area contributed by atoms with Gasteiger partial charge in [0.25, 0.3) is 0 Å². The summed E-state index contributed by atoms with van der Waals surface area (Å²) in [5.74, 6) is -1.44. The maximum absolute atomic E-state index is 13.6. The van der Waals surface area contributed by atoms with Crippen molar-refractivity contribution in [2.24, 2.45) is 0 Å². The van der Waals surface area contributed by atoms with Gasteiger partial charge in [-0.05, 0) is 19.1 Å². The Morgan fingerprint density at radius 1 is 1.43 bits per heavy atom. The number of hydrogen-bond acceptors (Lipinski definition) is 1. The van der Waals surface area contributed by atoms with E-state index in [9.17, 15) is 13.9 Å². The van der Waals surface area contributed by atoms with Crippen LogP contribution in [0.3, 0.4) is 0 Å². The van der Waals surface area contributed by atoms with Crippen LogP contribution < -0.4 is 0 Å². The molecule has 1 aromatic heterocycles. The highest BCUT2D eigenvalue weighted by molar-refractivity contribution is 5.80. The third-order valence-electron chi connectivity index (χ3n) is 2.19. The molecule has 2 nitrogen and oxygen atoms in total. The van der Waals surface area contributed by atoms with E-state index in [0.717, 1.165) is 0 Å². The normalized spacial score (nSPS) is 13.4. The summed E-state index contributed by atoms with van der Waals surface area (Å²) in [6, 6.07) is 2.78. The van der Waals surface area contributed by atoms with Crippen molar-refractivity contribution in [1.82, 2.24) is 4.98 Å². The van der Waals surface area contributed by atoms with Crippen molar-refractivity contribution in [3.8, 4) is 0 Å². The summed E-state index contributed by atoms with van der Waals surface area (Å²) in [6.07, 6.45) is 0.377. The van der Waals surface area contributed by atoms with Gasteiger partial charge in [-0.2, -0.15) is 0 Å². The highest BCUT2D eigenvalue weighted by Crippen LogP contribution is 2.27. The van der Waals surface area contributed by atoms with Gasteiger partial charge < -0.3 is 10.1 Å². The Labute approximate surface area is 79.2 Å². The molecular weight excluding hydrogens is 188 g/mol. The molecule has 0 saturated carbocycles. The number of aliphatic hydroxyl groups excluding tert-OH is 1. The first-order valence-electron chi connectivity index (χ1n) is 4.24.